The van der Waals surface area contributed by atoms with Crippen LogP contribution in [-0.2, 0) is 0 Å². The summed E-state index contributed by atoms with van der Waals surface area (Å²) in [5.41, 5.74) is 7.71. The van der Waals surface area contributed by atoms with Gasteiger partial charge in [-0.2, -0.15) is 0 Å². The molecule has 2 rings (SSSR count). The van der Waals surface area contributed by atoms with Gasteiger partial charge in [0.1, 0.15) is 10.7 Å². The highest BCUT2D eigenvalue weighted by molar-refractivity contribution is 7.80. The van der Waals surface area contributed by atoms with E-state index in [1.165, 1.54) is 5.56 Å². The number of nitrogens with two attached hydrogens (primary N) is 1. The molecule has 1 heterocycles. The van der Waals surface area contributed by atoms with E-state index in [2.05, 4.69) is 6.07 Å². The highest BCUT2D eigenvalue weighted by Gasteiger charge is 2.05. The fourth-order valence-corrected chi connectivity index (χ4v) is 1.53. The fraction of sp³-hybridized carbons (Fsp3) is 0.0833. The van der Waals surface area contributed by atoms with Gasteiger partial charge in [0.05, 0.1) is 0 Å². The van der Waals surface area contributed by atoms with Crippen molar-refractivity contribution in [3.63, 3.8) is 0 Å². The Morgan fingerprint density at radius 3 is 2.67 bits per heavy atom. The first-order valence-electron chi connectivity index (χ1n) is 4.63. The molecule has 2 nitrogen and oxygen atoms in total. The summed E-state index contributed by atoms with van der Waals surface area (Å²) in [6.07, 6.45) is 0. The zero-order chi connectivity index (χ0) is 10.8. The number of thiocarbonyl (C=S) groups is 1. The largest absolute Gasteiger partial charge is 0.454 e. The third-order valence-electron chi connectivity index (χ3n) is 2.15. The van der Waals surface area contributed by atoms with Crippen molar-refractivity contribution >= 4 is 17.2 Å². The molecule has 0 aliphatic heterocycles. The minimum atomic E-state index is 0.286. The zero-order valence-electron chi connectivity index (χ0n) is 8.36. The lowest BCUT2D eigenvalue weighted by Gasteiger charge is -1.98. The van der Waals surface area contributed by atoms with Crippen LogP contribution < -0.4 is 5.73 Å². The van der Waals surface area contributed by atoms with E-state index in [0.717, 1.165) is 11.3 Å². The van der Waals surface area contributed by atoms with E-state index >= 15 is 0 Å². The average molecular weight is 217 g/mol. The Kier molecular flexibility index (Phi) is 2.56. The molecule has 3 heteroatoms. The van der Waals surface area contributed by atoms with Crippen molar-refractivity contribution in [3.05, 3.63) is 47.7 Å². The minimum absolute atomic E-state index is 0.286. The highest BCUT2D eigenvalue weighted by atomic mass is 32.1. The van der Waals surface area contributed by atoms with Crippen molar-refractivity contribution < 1.29 is 4.42 Å². The fourth-order valence-electron chi connectivity index (χ4n) is 1.42. The average Bonchev–Trinajstić information content (AvgIpc) is 2.66. The molecule has 0 spiro atoms. The predicted octanol–water partition coefficient (Wildman–Crippen LogP) is 2.89. The van der Waals surface area contributed by atoms with E-state index in [-0.39, 0.29) is 4.99 Å². The molecule has 0 unspecified atom stereocenters. The van der Waals surface area contributed by atoms with Gasteiger partial charge in [0.15, 0.2) is 5.76 Å². The predicted molar refractivity (Wildman–Crippen MR) is 64.8 cm³/mol. The van der Waals surface area contributed by atoms with Crippen LogP contribution in [0, 0.1) is 6.92 Å². The lowest BCUT2D eigenvalue weighted by molar-refractivity contribution is 0.573. The molecule has 0 bridgehead atoms. The molecular weight excluding hydrogens is 206 g/mol. The first kappa shape index (κ1) is 9.93. The molecular formula is C12H11NOS. The van der Waals surface area contributed by atoms with E-state index in [0.29, 0.717) is 5.76 Å². The SMILES string of the molecule is Cc1cccc(-c2ccc(C(N)=S)o2)c1. The Balaban J connectivity index is 2.41. The minimum Gasteiger partial charge on any atom is -0.454 e. The molecule has 1 aromatic carbocycles. The van der Waals surface area contributed by atoms with Gasteiger partial charge in [0, 0.05) is 5.56 Å². The van der Waals surface area contributed by atoms with Crippen LogP contribution in [0.1, 0.15) is 11.3 Å². The summed E-state index contributed by atoms with van der Waals surface area (Å²) >= 11 is 4.84. The quantitative estimate of drug-likeness (QED) is 0.786. The molecule has 0 saturated heterocycles. The monoisotopic (exact) mass is 217 g/mol. The number of benzene rings is 1. The van der Waals surface area contributed by atoms with Crippen molar-refractivity contribution in [2.24, 2.45) is 5.73 Å². The van der Waals surface area contributed by atoms with Crippen molar-refractivity contribution in [2.75, 3.05) is 0 Å². The van der Waals surface area contributed by atoms with Gasteiger partial charge in [-0.3, -0.25) is 0 Å². The lowest BCUT2D eigenvalue weighted by atomic mass is 10.1. The van der Waals surface area contributed by atoms with Gasteiger partial charge in [0.25, 0.3) is 0 Å². The van der Waals surface area contributed by atoms with Gasteiger partial charge in [0.2, 0.25) is 0 Å². The van der Waals surface area contributed by atoms with Crippen molar-refractivity contribution in [1.29, 1.82) is 0 Å². The molecule has 0 atom stereocenters. The van der Waals surface area contributed by atoms with E-state index in [4.69, 9.17) is 22.4 Å². The molecule has 0 saturated carbocycles. The summed E-state index contributed by atoms with van der Waals surface area (Å²) in [7, 11) is 0. The maximum atomic E-state index is 5.52. The number of hydrogen-bond donors (Lipinski definition) is 1. The van der Waals surface area contributed by atoms with Gasteiger partial charge >= 0.3 is 0 Å². The Morgan fingerprint density at radius 2 is 2.07 bits per heavy atom. The van der Waals surface area contributed by atoms with Crippen LogP contribution in [0.15, 0.2) is 40.8 Å². The van der Waals surface area contributed by atoms with Crippen molar-refractivity contribution in [2.45, 2.75) is 6.92 Å². The molecule has 1 aromatic heterocycles. The number of aryl methyl sites for hydroxylation is 1. The maximum Gasteiger partial charge on any atom is 0.161 e. The van der Waals surface area contributed by atoms with Gasteiger partial charge in [-0.25, -0.2) is 0 Å². The Hall–Kier alpha value is -1.61. The topological polar surface area (TPSA) is 39.2 Å². The van der Waals surface area contributed by atoms with E-state index in [1.807, 2.05) is 31.2 Å². The Bertz CT molecular complexity index is 502. The molecule has 2 aromatic rings. The van der Waals surface area contributed by atoms with Crippen LogP contribution in [0.2, 0.25) is 0 Å². The van der Waals surface area contributed by atoms with Gasteiger partial charge in [-0.15, -0.1) is 0 Å². The van der Waals surface area contributed by atoms with Crippen LogP contribution in [0.4, 0.5) is 0 Å². The standard InChI is InChI=1S/C12H11NOS/c1-8-3-2-4-9(7-8)10-5-6-11(14-10)12(13)15/h2-7H,1H3,(H2,13,15). The molecule has 0 fully saturated rings. The van der Waals surface area contributed by atoms with E-state index in [9.17, 15) is 0 Å². The molecule has 0 aliphatic rings. The summed E-state index contributed by atoms with van der Waals surface area (Å²) in [5, 5.41) is 0. The summed E-state index contributed by atoms with van der Waals surface area (Å²) in [6.45, 7) is 2.04. The molecule has 2 N–H and O–H groups in total. The van der Waals surface area contributed by atoms with Gasteiger partial charge in [-0.05, 0) is 25.1 Å². The first-order chi connectivity index (χ1) is 7.16. The third-order valence-corrected chi connectivity index (χ3v) is 2.35. The van der Waals surface area contributed by atoms with Crippen LogP contribution in [0.25, 0.3) is 11.3 Å². The van der Waals surface area contributed by atoms with Crippen molar-refractivity contribution in [1.82, 2.24) is 0 Å². The Morgan fingerprint density at radius 1 is 1.27 bits per heavy atom. The molecule has 15 heavy (non-hydrogen) atoms. The second-order valence-electron chi connectivity index (χ2n) is 3.40. The smallest absolute Gasteiger partial charge is 0.161 e. The summed E-state index contributed by atoms with van der Waals surface area (Å²) in [5.74, 6) is 1.35. The second kappa shape index (κ2) is 3.87. The second-order valence-corrected chi connectivity index (χ2v) is 3.84. The van der Waals surface area contributed by atoms with Crippen LogP contribution in [0.5, 0.6) is 0 Å². The number of furan rings is 1. The molecule has 76 valence electrons. The van der Waals surface area contributed by atoms with E-state index < -0.39 is 0 Å². The molecule has 0 radical (unpaired) electrons. The van der Waals surface area contributed by atoms with Crippen LogP contribution >= 0.6 is 12.2 Å². The normalized spacial score (nSPS) is 10.2. The Labute approximate surface area is 93.7 Å². The maximum absolute atomic E-state index is 5.52. The van der Waals surface area contributed by atoms with Crippen molar-refractivity contribution in [3.8, 4) is 11.3 Å². The molecule has 0 amide bonds. The van der Waals surface area contributed by atoms with E-state index in [1.54, 1.807) is 6.07 Å². The molecule has 0 aliphatic carbocycles. The van der Waals surface area contributed by atoms with Crippen LogP contribution in [0.3, 0.4) is 0 Å². The van der Waals surface area contributed by atoms with Gasteiger partial charge in [-0.1, -0.05) is 36.0 Å². The van der Waals surface area contributed by atoms with Crippen LogP contribution in [-0.4, -0.2) is 4.99 Å². The number of rotatable bonds is 2. The highest BCUT2D eigenvalue weighted by Crippen LogP contribution is 2.22. The third kappa shape index (κ3) is 2.07. The number of hydrogen-bond acceptors (Lipinski definition) is 2. The summed E-state index contributed by atoms with van der Waals surface area (Å²) < 4.78 is 5.52. The summed E-state index contributed by atoms with van der Waals surface area (Å²) in [6, 6.07) is 11.8. The summed E-state index contributed by atoms with van der Waals surface area (Å²) in [4.78, 5) is 0.286. The zero-order valence-corrected chi connectivity index (χ0v) is 9.17. The van der Waals surface area contributed by atoms with Gasteiger partial charge < -0.3 is 10.2 Å². The lowest BCUT2D eigenvalue weighted by Crippen LogP contribution is -2.07. The first-order valence-corrected chi connectivity index (χ1v) is 5.04.